The van der Waals surface area contributed by atoms with Gasteiger partial charge in [0.15, 0.2) is 0 Å². The molecule has 0 saturated heterocycles. The molecule has 0 aliphatic rings. The van der Waals surface area contributed by atoms with E-state index in [4.69, 9.17) is 10.5 Å². The second kappa shape index (κ2) is 5.76. The van der Waals surface area contributed by atoms with Crippen molar-refractivity contribution in [3.8, 4) is 22.8 Å². The Morgan fingerprint density at radius 3 is 2.86 bits per heavy atom. The standard InChI is InChI=1S/C16H16N4O/c1-11-5-12(8-17)6-16(20-11)21-15-4-2-3-13(7-15)14-9-18-19-10-14/h2-7,9-10H,8,17H2,1H3,(H,18,19). The molecule has 2 heterocycles. The van der Waals surface area contributed by atoms with E-state index < -0.39 is 0 Å². The van der Waals surface area contributed by atoms with Crippen LogP contribution in [0.4, 0.5) is 0 Å². The number of hydrogen-bond donors (Lipinski definition) is 2. The van der Waals surface area contributed by atoms with E-state index >= 15 is 0 Å². The number of hydrogen-bond acceptors (Lipinski definition) is 4. The number of aromatic nitrogens is 3. The van der Waals surface area contributed by atoms with Gasteiger partial charge in [0.05, 0.1) is 6.20 Å². The average molecular weight is 280 g/mol. The normalized spacial score (nSPS) is 10.6. The summed E-state index contributed by atoms with van der Waals surface area (Å²) in [5.74, 6) is 1.29. The van der Waals surface area contributed by atoms with Crippen molar-refractivity contribution >= 4 is 0 Å². The van der Waals surface area contributed by atoms with Crippen LogP contribution < -0.4 is 10.5 Å². The maximum atomic E-state index is 5.84. The molecule has 0 aliphatic heterocycles. The van der Waals surface area contributed by atoms with Crippen LogP contribution in [-0.2, 0) is 6.54 Å². The lowest BCUT2D eigenvalue weighted by molar-refractivity contribution is 0.461. The van der Waals surface area contributed by atoms with Crippen molar-refractivity contribution in [2.45, 2.75) is 13.5 Å². The molecular weight excluding hydrogens is 264 g/mol. The van der Waals surface area contributed by atoms with E-state index in [0.717, 1.165) is 28.1 Å². The van der Waals surface area contributed by atoms with Gasteiger partial charge in [0.1, 0.15) is 5.75 Å². The van der Waals surface area contributed by atoms with E-state index in [1.807, 2.05) is 49.5 Å². The molecular formula is C16H16N4O. The van der Waals surface area contributed by atoms with E-state index in [1.165, 1.54) is 0 Å². The van der Waals surface area contributed by atoms with Gasteiger partial charge in [-0.2, -0.15) is 5.10 Å². The molecule has 3 rings (SSSR count). The molecule has 0 radical (unpaired) electrons. The van der Waals surface area contributed by atoms with Crippen molar-refractivity contribution in [1.82, 2.24) is 15.2 Å². The van der Waals surface area contributed by atoms with Crippen LogP contribution in [0.15, 0.2) is 48.8 Å². The van der Waals surface area contributed by atoms with E-state index in [1.54, 1.807) is 6.20 Å². The van der Waals surface area contributed by atoms with Crippen molar-refractivity contribution in [2.24, 2.45) is 5.73 Å². The second-order valence-corrected chi connectivity index (χ2v) is 4.78. The summed E-state index contributed by atoms with van der Waals surface area (Å²) >= 11 is 0. The summed E-state index contributed by atoms with van der Waals surface area (Å²) in [4.78, 5) is 4.37. The Kier molecular flexibility index (Phi) is 3.66. The Hall–Kier alpha value is -2.66. The highest BCUT2D eigenvalue weighted by Gasteiger charge is 2.05. The van der Waals surface area contributed by atoms with Gasteiger partial charge in [-0.1, -0.05) is 12.1 Å². The number of H-pyrrole nitrogens is 1. The predicted molar refractivity (Wildman–Crippen MR) is 81.0 cm³/mol. The molecule has 0 fully saturated rings. The highest BCUT2D eigenvalue weighted by Crippen LogP contribution is 2.26. The van der Waals surface area contributed by atoms with Crippen LogP contribution in [0.1, 0.15) is 11.3 Å². The van der Waals surface area contributed by atoms with Crippen molar-refractivity contribution in [2.75, 3.05) is 0 Å². The Bertz CT molecular complexity index is 738. The molecule has 0 amide bonds. The van der Waals surface area contributed by atoms with Crippen molar-refractivity contribution in [1.29, 1.82) is 0 Å². The van der Waals surface area contributed by atoms with Crippen LogP contribution in [0.25, 0.3) is 11.1 Å². The van der Waals surface area contributed by atoms with Gasteiger partial charge in [0, 0.05) is 30.1 Å². The third-order valence-corrected chi connectivity index (χ3v) is 3.11. The summed E-state index contributed by atoms with van der Waals surface area (Å²) in [6.45, 7) is 2.39. The molecule has 0 saturated carbocycles. The fraction of sp³-hybridized carbons (Fsp3) is 0.125. The van der Waals surface area contributed by atoms with Gasteiger partial charge < -0.3 is 10.5 Å². The quantitative estimate of drug-likeness (QED) is 0.770. The molecule has 3 aromatic rings. The Morgan fingerprint density at radius 2 is 2.10 bits per heavy atom. The third-order valence-electron chi connectivity index (χ3n) is 3.11. The van der Waals surface area contributed by atoms with Gasteiger partial charge in [-0.25, -0.2) is 4.98 Å². The van der Waals surface area contributed by atoms with Crippen LogP contribution in [-0.4, -0.2) is 15.2 Å². The van der Waals surface area contributed by atoms with Gasteiger partial charge in [-0.3, -0.25) is 5.10 Å². The number of rotatable bonds is 4. The molecule has 3 N–H and O–H groups in total. The van der Waals surface area contributed by atoms with Crippen LogP contribution >= 0.6 is 0 Å². The molecule has 0 unspecified atom stereocenters. The number of pyridine rings is 1. The van der Waals surface area contributed by atoms with E-state index in [2.05, 4.69) is 15.2 Å². The van der Waals surface area contributed by atoms with Crippen molar-refractivity contribution in [3.63, 3.8) is 0 Å². The lowest BCUT2D eigenvalue weighted by Crippen LogP contribution is -1.99. The minimum Gasteiger partial charge on any atom is -0.439 e. The van der Waals surface area contributed by atoms with Gasteiger partial charge in [-0.15, -0.1) is 0 Å². The van der Waals surface area contributed by atoms with Gasteiger partial charge in [0.2, 0.25) is 5.88 Å². The fourth-order valence-corrected chi connectivity index (χ4v) is 2.15. The molecule has 5 heteroatoms. The molecule has 21 heavy (non-hydrogen) atoms. The van der Waals surface area contributed by atoms with Crippen molar-refractivity contribution < 1.29 is 4.74 Å². The van der Waals surface area contributed by atoms with Crippen LogP contribution in [0, 0.1) is 6.92 Å². The minimum absolute atomic E-state index is 0.467. The smallest absolute Gasteiger partial charge is 0.219 e. The van der Waals surface area contributed by atoms with Gasteiger partial charge in [-0.05, 0) is 36.2 Å². The molecule has 0 spiro atoms. The van der Waals surface area contributed by atoms with Crippen LogP contribution in [0.3, 0.4) is 0 Å². The Balaban J connectivity index is 1.88. The minimum atomic E-state index is 0.467. The topological polar surface area (TPSA) is 76.8 Å². The number of ether oxygens (including phenoxy) is 1. The summed E-state index contributed by atoms with van der Waals surface area (Å²) < 4.78 is 5.84. The number of aryl methyl sites for hydroxylation is 1. The molecule has 2 aromatic heterocycles. The largest absolute Gasteiger partial charge is 0.439 e. The SMILES string of the molecule is Cc1cc(CN)cc(Oc2cccc(-c3cn[nH]c3)c2)n1. The molecule has 5 nitrogen and oxygen atoms in total. The van der Waals surface area contributed by atoms with Gasteiger partial charge >= 0.3 is 0 Å². The molecule has 0 atom stereocenters. The molecule has 106 valence electrons. The monoisotopic (exact) mass is 280 g/mol. The number of aromatic amines is 1. The van der Waals surface area contributed by atoms with Gasteiger partial charge in [0.25, 0.3) is 0 Å². The summed E-state index contributed by atoms with van der Waals surface area (Å²) in [5.41, 5.74) is 9.62. The Morgan fingerprint density at radius 1 is 1.19 bits per heavy atom. The molecule has 1 aromatic carbocycles. The lowest BCUT2D eigenvalue weighted by atomic mass is 10.1. The third kappa shape index (κ3) is 3.09. The Labute approximate surface area is 122 Å². The van der Waals surface area contributed by atoms with E-state index in [9.17, 15) is 0 Å². The number of benzene rings is 1. The summed E-state index contributed by atoms with van der Waals surface area (Å²) in [6, 6.07) is 11.6. The van der Waals surface area contributed by atoms with Crippen LogP contribution in [0.2, 0.25) is 0 Å². The molecule has 0 aliphatic carbocycles. The number of nitrogens with zero attached hydrogens (tertiary/aromatic N) is 2. The maximum Gasteiger partial charge on any atom is 0.219 e. The highest BCUT2D eigenvalue weighted by atomic mass is 16.5. The zero-order valence-corrected chi connectivity index (χ0v) is 11.7. The zero-order valence-electron chi connectivity index (χ0n) is 11.7. The van der Waals surface area contributed by atoms with Crippen molar-refractivity contribution in [3.05, 3.63) is 60.0 Å². The lowest BCUT2D eigenvalue weighted by Gasteiger charge is -2.08. The molecule has 0 bridgehead atoms. The highest BCUT2D eigenvalue weighted by molar-refractivity contribution is 5.63. The first-order chi connectivity index (χ1) is 10.2. The van der Waals surface area contributed by atoms with Crippen LogP contribution in [0.5, 0.6) is 11.6 Å². The average Bonchev–Trinajstić information content (AvgIpc) is 3.01. The maximum absolute atomic E-state index is 5.84. The first-order valence-electron chi connectivity index (χ1n) is 6.69. The first-order valence-corrected chi connectivity index (χ1v) is 6.69. The summed E-state index contributed by atoms with van der Waals surface area (Å²) in [6.07, 6.45) is 3.62. The zero-order chi connectivity index (χ0) is 14.7. The first kappa shape index (κ1) is 13.3. The second-order valence-electron chi connectivity index (χ2n) is 4.78. The predicted octanol–water partition coefficient (Wildman–Crippen LogP) is 3.03. The van der Waals surface area contributed by atoms with E-state index in [0.29, 0.717) is 12.4 Å². The number of nitrogens with one attached hydrogen (secondary N) is 1. The number of nitrogens with two attached hydrogens (primary N) is 1. The summed E-state index contributed by atoms with van der Waals surface area (Å²) in [5, 5.41) is 6.76. The summed E-state index contributed by atoms with van der Waals surface area (Å²) in [7, 11) is 0. The van der Waals surface area contributed by atoms with E-state index in [-0.39, 0.29) is 0 Å². The fourth-order valence-electron chi connectivity index (χ4n) is 2.15.